The summed E-state index contributed by atoms with van der Waals surface area (Å²) < 4.78 is 1.73. The maximum absolute atomic E-state index is 6.28. The highest BCUT2D eigenvalue weighted by Crippen LogP contribution is 2.31. The van der Waals surface area contributed by atoms with Gasteiger partial charge in [-0.2, -0.15) is 5.10 Å². The first-order valence-corrected chi connectivity index (χ1v) is 6.81. The molecule has 1 aromatic heterocycles. The molecule has 0 bridgehead atoms. The Balaban J connectivity index is 2.47. The van der Waals surface area contributed by atoms with Gasteiger partial charge >= 0.3 is 0 Å². The third-order valence-corrected chi connectivity index (χ3v) is 3.81. The first-order chi connectivity index (χ1) is 8.15. The van der Waals surface area contributed by atoms with Gasteiger partial charge in [-0.1, -0.05) is 29.8 Å². The van der Waals surface area contributed by atoms with Gasteiger partial charge in [0.2, 0.25) is 0 Å². The lowest BCUT2D eigenvalue weighted by Crippen LogP contribution is -2.17. The normalized spacial score (nSPS) is 12.7. The van der Waals surface area contributed by atoms with Gasteiger partial charge < -0.3 is 5.73 Å². The van der Waals surface area contributed by atoms with Crippen molar-refractivity contribution in [2.75, 3.05) is 6.26 Å². The maximum Gasteiger partial charge on any atom is 0.0837 e. The number of benzene rings is 1. The predicted molar refractivity (Wildman–Crippen MR) is 72.5 cm³/mol. The molecule has 2 rings (SSSR count). The fraction of sp³-hybridized carbons (Fsp3) is 0.250. The number of rotatable bonds is 3. The van der Waals surface area contributed by atoms with Crippen molar-refractivity contribution in [1.29, 1.82) is 0 Å². The monoisotopic (exact) mass is 267 g/mol. The van der Waals surface area contributed by atoms with Crippen molar-refractivity contribution in [3.8, 4) is 0 Å². The van der Waals surface area contributed by atoms with Crippen molar-refractivity contribution < 1.29 is 0 Å². The molecule has 0 aliphatic heterocycles. The molecule has 1 atom stereocenters. The minimum atomic E-state index is -0.251. The molecule has 1 heterocycles. The number of hydrogen-bond acceptors (Lipinski definition) is 3. The maximum atomic E-state index is 6.28. The summed E-state index contributed by atoms with van der Waals surface area (Å²) in [6, 6.07) is 7.83. The summed E-state index contributed by atoms with van der Waals surface area (Å²) in [5.74, 6) is 0. The zero-order chi connectivity index (χ0) is 12.4. The third kappa shape index (κ3) is 2.34. The Morgan fingerprint density at radius 3 is 2.71 bits per heavy atom. The highest BCUT2D eigenvalue weighted by atomic mass is 35.5. The Hall–Kier alpha value is -0.970. The van der Waals surface area contributed by atoms with Crippen LogP contribution in [0, 0.1) is 0 Å². The Morgan fingerprint density at radius 1 is 1.41 bits per heavy atom. The van der Waals surface area contributed by atoms with Crippen LogP contribution >= 0.6 is 23.4 Å². The number of thioether (sulfide) groups is 1. The van der Waals surface area contributed by atoms with Gasteiger partial charge in [0.05, 0.1) is 23.0 Å². The molecule has 90 valence electrons. The molecule has 1 aromatic carbocycles. The second-order valence-electron chi connectivity index (χ2n) is 3.72. The van der Waals surface area contributed by atoms with E-state index in [1.165, 1.54) is 0 Å². The van der Waals surface area contributed by atoms with Crippen LogP contribution in [0.5, 0.6) is 0 Å². The minimum absolute atomic E-state index is 0.251. The lowest BCUT2D eigenvalue weighted by Gasteiger charge is -2.16. The summed E-state index contributed by atoms with van der Waals surface area (Å²) >= 11 is 7.80. The first kappa shape index (κ1) is 12.5. The topological polar surface area (TPSA) is 43.8 Å². The van der Waals surface area contributed by atoms with Gasteiger partial charge in [-0.05, 0) is 17.9 Å². The average Bonchev–Trinajstić information content (AvgIpc) is 2.68. The Bertz CT molecular complexity index is 505. The lowest BCUT2D eigenvalue weighted by molar-refractivity contribution is 0.668. The van der Waals surface area contributed by atoms with E-state index in [-0.39, 0.29) is 6.04 Å². The van der Waals surface area contributed by atoms with Crippen LogP contribution in [-0.4, -0.2) is 16.0 Å². The molecular formula is C12H14ClN3S. The number of aromatic nitrogens is 2. The lowest BCUT2D eigenvalue weighted by atomic mass is 10.0. The van der Waals surface area contributed by atoms with E-state index in [1.54, 1.807) is 22.6 Å². The molecule has 0 saturated carbocycles. The van der Waals surface area contributed by atoms with E-state index in [2.05, 4.69) is 11.2 Å². The van der Waals surface area contributed by atoms with Crippen molar-refractivity contribution >= 4 is 23.4 Å². The fourth-order valence-electron chi connectivity index (χ4n) is 1.84. The van der Waals surface area contributed by atoms with Crippen molar-refractivity contribution in [3.05, 3.63) is 46.7 Å². The Labute approximate surface area is 110 Å². The highest BCUT2D eigenvalue weighted by Gasteiger charge is 2.19. The summed E-state index contributed by atoms with van der Waals surface area (Å²) in [5, 5.41) is 4.72. The zero-order valence-corrected chi connectivity index (χ0v) is 11.3. The van der Waals surface area contributed by atoms with E-state index in [1.807, 2.05) is 31.5 Å². The zero-order valence-electron chi connectivity index (χ0n) is 9.72. The Kier molecular flexibility index (Phi) is 3.76. The van der Waals surface area contributed by atoms with E-state index >= 15 is 0 Å². The number of aryl methyl sites for hydroxylation is 1. The molecule has 0 spiro atoms. The van der Waals surface area contributed by atoms with Crippen molar-refractivity contribution in [2.45, 2.75) is 10.9 Å². The van der Waals surface area contributed by atoms with Gasteiger partial charge in [-0.15, -0.1) is 11.8 Å². The van der Waals surface area contributed by atoms with Crippen molar-refractivity contribution in [2.24, 2.45) is 12.8 Å². The Morgan fingerprint density at radius 2 is 2.12 bits per heavy atom. The molecule has 1 unspecified atom stereocenters. The molecule has 0 saturated heterocycles. The first-order valence-electron chi connectivity index (χ1n) is 5.21. The van der Waals surface area contributed by atoms with Crippen LogP contribution in [0.4, 0.5) is 0 Å². The molecule has 17 heavy (non-hydrogen) atoms. The third-order valence-electron chi connectivity index (χ3n) is 2.71. The van der Waals surface area contributed by atoms with Crippen LogP contribution in [0.15, 0.2) is 35.4 Å². The molecule has 2 N–H and O–H groups in total. The summed E-state index contributed by atoms with van der Waals surface area (Å²) in [4.78, 5) is 1.16. The number of hydrogen-bond donors (Lipinski definition) is 1. The quantitative estimate of drug-likeness (QED) is 0.870. The standard InChI is InChI=1S/C12H14ClN3S/c1-16-12(9(13)7-15-16)11(14)8-5-3-4-6-10(8)17-2/h3-7,11H,14H2,1-2H3. The average molecular weight is 268 g/mol. The van der Waals surface area contributed by atoms with Gasteiger partial charge in [0.1, 0.15) is 0 Å². The summed E-state index contributed by atoms with van der Waals surface area (Å²) in [5.41, 5.74) is 8.20. The van der Waals surface area contributed by atoms with Gasteiger partial charge in [0.15, 0.2) is 0 Å². The molecule has 0 aliphatic rings. The van der Waals surface area contributed by atoms with E-state index in [0.29, 0.717) is 5.02 Å². The van der Waals surface area contributed by atoms with Crippen LogP contribution in [0.25, 0.3) is 0 Å². The number of nitrogens with two attached hydrogens (primary N) is 1. The summed E-state index contributed by atoms with van der Waals surface area (Å²) in [6.45, 7) is 0. The van der Waals surface area contributed by atoms with Crippen LogP contribution < -0.4 is 5.73 Å². The molecule has 0 radical (unpaired) electrons. The van der Waals surface area contributed by atoms with Crippen LogP contribution in [0.1, 0.15) is 17.3 Å². The largest absolute Gasteiger partial charge is 0.319 e. The van der Waals surface area contributed by atoms with Crippen LogP contribution in [0.3, 0.4) is 0 Å². The predicted octanol–water partition coefficient (Wildman–Crippen LogP) is 2.84. The molecular weight excluding hydrogens is 254 g/mol. The van der Waals surface area contributed by atoms with Crippen molar-refractivity contribution in [1.82, 2.24) is 9.78 Å². The van der Waals surface area contributed by atoms with E-state index in [9.17, 15) is 0 Å². The van der Waals surface area contributed by atoms with Gasteiger partial charge in [-0.3, -0.25) is 4.68 Å². The van der Waals surface area contributed by atoms with E-state index in [0.717, 1.165) is 16.2 Å². The van der Waals surface area contributed by atoms with Crippen LogP contribution in [-0.2, 0) is 7.05 Å². The molecule has 5 heteroatoms. The highest BCUT2D eigenvalue weighted by molar-refractivity contribution is 7.98. The van der Waals surface area contributed by atoms with Crippen molar-refractivity contribution in [3.63, 3.8) is 0 Å². The molecule has 0 amide bonds. The summed E-state index contributed by atoms with van der Waals surface area (Å²) in [7, 11) is 1.85. The molecule has 0 aliphatic carbocycles. The van der Waals surface area contributed by atoms with Gasteiger partial charge in [0.25, 0.3) is 0 Å². The smallest absolute Gasteiger partial charge is 0.0837 e. The molecule has 3 nitrogen and oxygen atoms in total. The molecule has 2 aromatic rings. The number of nitrogens with zero attached hydrogens (tertiary/aromatic N) is 2. The van der Waals surface area contributed by atoms with Crippen LogP contribution in [0.2, 0.25) is 5.02 Å². The van der Waals surface area contributed by atoms with Gasteiger partial charge in [-0.25, -0.2) is 0 Å². The second kappa shape index (κ2) is 5.12. The van der Waals surface area contributed by atoms with Gasteiger partial charge in [0, 0.05) is 11.9 Å². The summed E-state index contributed by atoms with van der Waals surface area (Å²) in [6.07, 6.45) is 3.66. The second-order valence-corrected chi connectivity index (χ2v) is 4.98. The van der Waals surface area contributed by atoms with E-state index < -0.39 is 0 Å². The SMILES string of the molecule is CSc1ccccc1C(N)c1c(Cl)cnn1C. The molecule has 0 fully saturated rings. The minimum Gasteiger partial charge on any atom is -0.319 e. The fourth-order valence-corrected chi connectivity index (χ4v) is 2.77. The number of halogens is 1. The van der Waals surface area contributed by atoms with E-state index in [4.69, 9.17) is 17.3 Å².